The first-order valence-electron chi connectivity index (χ1n) is 6.82. The van der Waals surface area contributed by atoms with Gasteiger partial charge >= 0.3 is 0 Å². The van der Waals surface area contributed by atoms with E-state index in [9.17, 15) is 4.39 Å². The van der Waals surface area contributed by atoms with E-state index in [0.717, 1.165) is 23.7 Å². The molecule has 20 heavy (non-hydrogen) atoms. The molecule has 0 radical (unpaired) electrons. The maximum absolute atomic E-state index is 13.4. The molecule has 0 spiro atoms. The molecule has 0 nitrogen and oxygen atoms in total. The third kappa shape index (κ3) is 3.09. The monoisotopic (exact) mass is 350 g/mol. The minimum Gasteiger partial charge on any atom is -0.207 e. The van der Waals surface area contributed by atoms with Crippen LogP contribution in [0.3, 0.4) is 0 Å². The van der Waals surface area contributed by atoms with Gasteiger partial charge in [0, 0.05) is 15.5 Å². The minimum absolute atomic E-state index is 0.143. The third-order valence-corrected chi connectivity index (χ3v) is 5.89. The van der Waals surface area contributed by atoms with Crippen LogP contribution in [0.5, 0.6) is 0 Å². The van der Waals surface area contributed by atoms with Gasteiger partial charge in [0.1, 0.15) is 5.82 Å². The molecular formula is C17H16BrFS. The average molecular weight is 351 g/mol. The summed E-state index contributed by atoms with van der Waals surface area (Å²) in [5.41, 5.74) is 2.55. The van der Waals surface area contributed by atoms with E-state index in [1.54, 1.807) is 12.1 Å². The lowest BCUT2D eigenvalue weighted by molar-refractivity contribution is 0.614. The second-order valence-electron chi connectivity index (χ2n) is 5.19. The zero-order chi connectivity index (χ0) is 13.9. The number of thioether (sulfide) groups is 1. The van der Waals surface area contributed by atoms with Gasteiger partial charge in [0.2, 0.25) is 0 Å². The smallest absolute Gasteiger partial charge is 0.123 e. The molecule has 0 saturated heterocycles. The molecule has 0 bridgehead atoms. The van der Waals surface area contributed by atoms with Crippen LogP contribution in [0.25, 0.3) is 0 Å². The summed E-state index contributed by atoms with van der Waals surface area (Å²) in [5, 5.41) is 1.47. The van der Waals surface area contributed by atoms with Crippen LogP contribution in [0, 0.1) is 5.82 Å². The first-order chi connectivity index (χ1) is 9.76. The average Bonchev–Trinajstić information content (AvgIpc) is 2.87. The van der Waals surface area contributed by atoms with E-state index in [2.05, 4.69) is 40.2 Å². The maximum Gasteiger partial charge on any atom is 0.123 e. The second-order valence-corrected chi connectivity index (χ2v) is 7.18. The van der Waals surface area contributed by atoms with Crippen molar-refractivity contribution >= 4 is 27.7 Å². The number of hydrogen-bond acceptors (Lipinski definition) is 1. The van der Waals surface area contributed by atoms with Crippen LogP contribution in [-0.4, -0.2) is 10.6 Å². The topological polar surface area (TPSA) is 0 Å². The standard InChI is InChI=1S/C17H16BrFS/c18-11-14(12-5-3-6-15(19)8-12)10-16-9-13-4-1-2-7-17(13)20-16/h1-8,14,16H,9-11H2. The molecule has 0 N–H and O–H groups in total. The van der Waals surface area contributed by atoms with Gasteiger partial charge in [0.15, 0.2) is 0 Å². The fourth-order valence-electron chi connectivity index (χ4n) is 2.75. The first-order valence-corrected chi connectivity index (χ1v) is 8.82. The second kappa shape index (κ2) is 6.31. The Kier molecular flexibility index (Phi) is 4.47. The van der Waals surface area contributed by atoms with Gasteiger partial charge in [0.05, 0.1) is 0 Å². The van der Waals surface area contributed by atoms with Gasteiger partial charge in [-0.05, 0) is 48.1 Å². The number of benzene rings is 2. The van der Waals surface area contributed by atoms with Crippen LogP contribution in [0.1, 0.15) is 23.5 Å². The number of alkyl halides is 1. The van der Waals surface area contributed by atoms with E-state index in [1.807, 2.05) is 17.8 Å². The van der Waals surface area contributed by atoms with Crippen molar-refractivity contribution in [1.82, 2.24) is 0 Å². The van der Waals surface area contributed by atoms with Crippen LogP contribution in [0.4, 0.5) is 4.39 Å². The third-order valence-electron chi connectivity index (χ3n) is 3.77. The van der Waals surface area contributed by atoms with Gasteiger partial charge in [-0.1, -0.05) is 46.3 Å². The van der Waals surface area contributed by atoms with Crippen LogP contribution in [0.2, 0.25) is 0 Å². The van der Waals surface area contributed by atoms with Gasteiger partial charge < -0.3 is 0 Å². The molecule has 2 aromatic carbocycles. The Morgan fingerprint density at radius 3 is 2.80 bits per heavy atom. The summed E-state index contributed by atoms with van der Waals surface area (Å²) < 4.78 is 13.4. The molecule has 0 aliphatic carbocycles. The van der Waals surface area contributed by atoms with E-state index in [4.69, 9.17) is 0 Å². The summed E-state index contributed by atoms with van der Waals surface area (Å²) >= 11 is 5.55. The highest BCUT2D eigenvalue weighted by Crippen LogP contribution is 2.41. The number of hydrogen-bond donors (Lipinski definition) is 0. The summed E-state index contributed by atoms with van der Waals surface area (Å²) in [4.78, 5) is 1.41. The fraction of sp³-hybridized carbons (Fsp3) is 0.294. The Morgan fingerprint density at radius 1 is 1.20 bits per heavy atom. The molecular weight excluding hydrogens is 335 g/mol. The van der Waals surface area contributed by atoms with Crippen molar-refractivity contribution in [2.45, 2.75) is 28.9 Å². The number of rotatable bonds is 4. The molecule has 104 valence electrons. The largest absolute Gasteiger partial charge is 0.207 e. The first kappa shape index (κ1) is 14.2. The molecule has 3 rings (SSSR count). The molecule has 2 atom stereocenters. The summed E-state index contributed by atoms with van der Waals surface area (Å²) in [6.45, 7) is 0. The zero-order valence-corrected chi connectivity index (χ0v) is 13.5. The van der Waals surface area contributed by atoms with Gasteiger partial charge in [0.25, 0.3) is 0 Å². The normalized spacial score (nSPS) is 18.8. The molecule has 1 aliphatic heterocycles. The van der Waals surface area contributed by atoms with Gasteiger partial charge in [-0.3, -0.25) is 0 Å². The van der Waals surface area contributed by atoms with Gasteiger partial charge in [-0.15, -0.1) is 11.8 Å². The predicted octanol–water partition coefficient (Wildman–Crippen LogP) is 5.41. The van der Waals surface area contributed by atoms with E-state index in [-0.39, 0.29) is 5.82 Å². The van der Waals surface area contributed by atoms with Crippen LogP contribution in [-0.2, 0) is 6.42 Å². The van der Waals surface area contributed by atoms with Crippen molar-refractivity contribution in [2.75, 3.05) is 5.33 Å². The fourth-order valence-corrected chi connectivity index (χ4v) is 4.80. The van der Waals surface area contributed by atoms with E-state index in [0.29, 0.717) is 11.2 Å². The Balaban J connectivity index is 1.71. The molecule has 0 saturated carbocycles. The summed E-state index contributed by atoms with van der Waals surface area (Å²) in [6, 6.07) is 15.6. The molecule has 3 heteroatoms. The summed E-state index contributed by atoms with van der Waals surface area (Å²) in [5.74, 6) is 0.230. The van der Waals surface area contributed by atoms with E-state index < -0.39 is 0 Å². The lowest BCUT2D eigenvalue weighted by Gasteiger charge is -2.18. The number of fused-ring (bicyclic) bond motifs is 1. The van der Waals surface area contributed by atoms with Crippen molar-refractivity contribution in [2.24, 2.45) is 0 Å². The Labute approximate surface area is 131 Å². The molecule has 0 fully saturated rings. The highest BCUT2D eigenvalue weighted by molar-refractivity contribution is 9.09. The highest BCUT2D eigenvalue weighted by atomic mass is 79.9. The summed E-state index contributed by atoms with van der Waals surface area (Å²) in [6.07, 6.45) is 2.20. The predicted molar refractivity (Wildman–Crippen MR) is 87.3 cm³/mol. The van der Waals surface area contributed by atoms with Crippen molar-refractivity contribution < 1.29 is 4.39 Å². The van der Waals surface area contributed by atoms with Crippen molar-refractivity contribution in [3.63, 3.8) is 0 Å². The molecule has 2 aromatic rings. The summed E-state index contributed by atoms with van der Waals surface area (Å²) in [7, 11) is 0. The van der Waals surface area contributed by atoms with Crippen molar-refractivity contribution in [3.05, 3.63) is 65.5 Å². The quantitative estimate of drug-likeness (QED) is 0.664. The molecule has 2 unspecified atom stereocenters. The van der Waals surface area contributed by atoms with Gasteiger partial charge in [-0.2, -0.15) is 0 Å². The van der Waals surface area contributed by atoms with Crippen molar-refractivity contribution in [3.8, 4) is 0 Å². The minimum atomic E-state index is -0.143. The molecule has 0 aromatic heterocycles. The Bertz CT molecular complexity index is 574. The van der Waals surface area contributed by atoms with Crippen LogP contribution < -0.4 is 0 Å². The van der Waals surface area contributed by atoms with Gasteiger partial charge in [-0.25, -0.2) is 4.39 Å². The van der Waals surface area contributed by atoms with E-state index in [1.165, 1.54) is 16.5 Å². The SMILES string of the molecule is Fc1cccc(C(CBr)CC2Cc3ccccc3S2)c1. The lowest BCUT2D eigenvalue weighted by Crippen LogP contribution is -2.10. The highest BCUT2D eigenvalue weighted by Gasteiger charge is 2.25. The number of halogens is 2. The van der Waals surface area contributed by atoms with Crippen LogP contribution >= 0.6 is 27.7 Å². The molecule has 1 heterocycles. The maximum atomic E-state index is 13.4. The van der Waals surface area contributed by atoms with Crippen molar-refractivity contribution in [1.29, 1.82) is 0 Å². The Morgan fingerprint density at radius 2 is 2.05 bits per heavy atom. The Hall–Kier alpha value is -0.800. The van der Waals surface area contributed by atoms with Crippen LogP contribution in [0.15, 0.2) is 53.4 Å². The molecule has 1 aliphatic rings. The van der Waals surface area contributed by atoms with E-state index >= 15 is 0 Å². The lowest BCUT2D eigenvalue weighted by atomic mass is 9.94. The molecule has 0 amide bonds. The zero-order valence-electron chi connectivity index (χ0n) is 11.1.